The maximum absolute atomic E-state index is 13.0. The third-order valence-electron chi connectivity index (χ3n) is 3.46. The first kappa shape index (κ1) is 14.0. The maximum atomic E-state index is 13.0. The molecule has 0 unspecified atom stereocenters. The minimum absolute atomic E-state index is 0.264. The van der Waals surface area contributed by atoms with Crippen LogP contribution in [0.25, 0.3) is 10.9 Å². The minimum Gasteiger partial charge on any atom is -0.367 e. The van der Waals surface area contributed by atoms with E-state index in [0.29, 0.717) is 6.54 Å². The molecule has 0 aliphatic carbocycles. The second-order valence-corrected chi connectivity index (χ2v) is 5.01. The van der Waals surface area contributed by atoms with Crippen LogP contribution in [0.3, 0.4) is 0 Å². The van der Waals surface area contributed by atoms with E-state index in [1.54, 1.807) is 12.1 Å². The molecule has 3 aromatic rings. The molecule has 0 aliphatic heterocycles. The number of benzene rings is 2. The molecular weight excluding hydrogens is 279 g/mol. The van der Waals surface area contributed by atoms with Crippen LogP contribution in [-0.2, 0) is 6.54 Å². The molecule has 0 N–H and O–H groups in total. The average molecular weight is 292 g/mol. The molecule has 22 heavy (non-hydrogen) atoms. The lowest BCUT2D eigenvalue weighted by molar-refractivity contribution is 0.627. The van der Waals surface area contributed by atoms with E-state index < -0.39 is 0 Å². The van der Waals surface area contributed by atoms with Gasteiger partial charge >= 0.3 is 0 Å². The molecule has 0 saturated carbocycles. The Bertz CT molecular complexity index is 853. The minimum atomic E-state index is -0.264. The highest BCUT2D eigenvalue weighted by Crippen LogP contribution is 2.28. The van der Waals surface area contributed by atoms with E-state index in [9.17, 15) is 9.65 Å². The van der Waals surface area contributed by atoms with Gasteiger partial charge in [-0.2, -0.15) is 5.26 Å². The molecule has 4 nitrogen and oxygen atoms in total. The smallest absolute Gasteiger partial charge is 0.187 e. The van der Waals surface area contributed by atoms with Crippen molar-refractivity contribution in [3.05, 3.63) is 65.6 Å². The molecule has 0 spiro atoms. The van der Waals surface area contributed by atoms with Crippen molar-refractivity contribution in [3.8, 4) is 6.07 Å². The molecule has 1 aromatic heterocycles. The highest BCUT2D eigenvalue weighted by Gasteiger charge is 2.14. The van der Waals surface area contributed by atoms with Gasteiger partial charge in [0, 0.05) is 19.0 Å². The number of aromatic nitrogens is 2. The van der Waals surface area contributed by atoms with Crippen LogP contribution < -0.4 is 4.90 Å². The number of fused-ring (bicyclic) bond motifs is 1. The molecular formula is C17H13FN4. The lowest BCUT2D eigenvalue weighted by Crippen LogP contribution is -2.19. The molecule has 0 radical (unpaired) electrons. The zero-order chi connectivity index (χ0) is 15.5. The predicted octanol–water partition coefficient (Wildman–Crippen LogP) is 3.28. The molecule has 2 aromatic carbocycles. The molecule has 3 rings (SSSR count). The third kappa shape index (κ3) is 2.59. The van der Waals surface area contributed by atoms with Gasteiger partial charge in [0.25, 0.3) is 0 Å². The van der Waals surface area contributed by atoms with Crippen molar-refractivity contribution in [1.82, 2.24) is 10.2 Å². The van der Waals surface area contributed by atoms with Crippen LogP contribution in [0.2, 0.25) is 0 Å². The molecule has 108 valence electrons. The van der Waals surface area contributed by atoms with Gasteiger partial charge in [0.15, 0.2) is 5.69 Å². The van der Waals surface area contributed by atoms with Gasteiger partial charge in [0.2, 0.25) is 0 Å². The van der Waals surface area contributed by atoms with Crippen molar-refractivity contribution in [1.29, 1.82) is 5.26 Å². The van der Waals surface area contributed by atoms with Crippen LogP contribution in [0.5, 0.6) is 0 Å². The van der Waals surface area contributed by atoms with E-state index in [-0.39, 0.29) is 11.5 Å². The number of halogens is 1. The maximum Gasteiger partial charge on any atom is 0.187 e. The van der Waals surface area contributed by atoms with Gasteiger partial charge in [-0.05, 0) is 23.8 Å². The summed E-state index contributed by atoms with van der Waals surface area (Å²) in [6.07, 6.45) is 0. The van der Waals surface area contributed by atoms with Gasteiger partial charge < -0.3 is 4.90 Å². The van der Waals surface area contributed by atoms with Gasteiger partial charge in [-0.25, -0.2) is 4.39 Å². The average Bonchev–Trinajstić information content (AvgIpc) is 2.55. The normalized spacial score (nSPS) is 10.4. The molecule has 5 heteroatoms. The number of hydrogen-bond acceptors (Lipinski definition) is 4. The zero-order valence-corrected chi connectivity index (χ0v) is 12.0. The summed E-state index contributed by atoms with van der Waals surface area (Å²) < 4.78 is 13.0. The van der Waals surface area contributed by atoms with Crippen LogP contribution in [0.15, 0.2) is 48.5 Å². The number of rotatable bonds is 3. The summed E-state index contributed by atoms with van der Waals surface area (Å²) in [5.41, 5.74) is 2.71. The Balaban J connectivity index is 2.04. The van der Waals surface area contributed by atoms with Crippen LogP contribution >= 0.6 is 0 Å². The van der Waals surface area contributed by atoms with E-state index >= 15 is 0 Å². The summed E-state index contributed by atoms with van der Waals surface area (Å²) in [6.45, 7) is 0.546. The van der Waals surface area contributed by atoms with Gasteiger partial charge in [-0.1, -0.05) is 30.3 Å². The highest BCUT2D eigenvalue weighted by atomic mass is 19.1. The Morgan fingerprint density at radius 2 is 1.82 bits per heavy atom. The number of nitrogens with zero attached hydrogens (tertiary/aromatic N) is 4. The first-order valence-electron chi connectivity index (χ1n) is 6.80. The fraction of sp³-hybridized carbons (Fsp3) is 0.118. The number of anilines is 1. The number of hydrogen-bond donors (Lipinski definition) is 0. The van der Waals surface area contributed by atoms with Crippen molar-refractivity contribution >= 4 is 16.6 Å². The SMILES string of the molecule is CN(Cc1ccc(F)cc1)c1c(C#N)nnc2ccccc12. The molecule has 0 atom stereocenters. The Morgan fingerprint density at radius 3 is 2.55 bits per heavy atom. The topological polar surface area (TPSA) is 52.8 Å². The molecule has 0 amide bonds. The highest BCUT2D eigenvalue weighted by molar-refractivity contribution is 5.93. The Hall–Kier alpha value is -3.00. The Labute approximate surface area is 127 Å². The first-order chi connectivity index (χ1) is 10.7. The van der Waals surface area contributed by atoms with E-state index in [4.69, 9.17) is 0 Å². The fourth-order valence-corrected chi connectivity index (χ4v) is 2.44. The molecule has 0 saturated heterocycles. The summed E-state index contributed by atoms with van der Waals surface area (Å²) in [7, 11) is 1.88. The summed E-state index contributed by atoms with van der Waals surface area (Å²) in [4.78, 5) is 1.93. The van der Waals surface area contributed by atoms with Gasteiger partial charge in [0.1, 0.15) is 11.9 Å². The quantitative estimate of drug-likeness (QED) is 0.743. The molecule has 0 fully saturated rings. The first-order valence-corrected chi connectivity index (χ1v) is 6.80. The Kier molecular flexibility index (Phi) is 3.67. The van der Waals surface area contributed by atoms with Crippen molar-refractivity contribution in [2.75, 3.05) is 11.9 Å². The summed E-state index contributed by atoms with van der Waals surface area (Å²) in [5.74, 6) is -0.264. The summed E-state index contributed by atoms with van der Waals surface area (Å²) >= 11 is 0. The van der Waals surface area contributed by atoms with Crippen LogP contribution in [0, 0.1) is 17.1 Å². The van der Waals surface area contributed by atoms with Crippen LogP contribution in [0.4, 0.5) is 10.1 Å². The van der Waals surface area contributed by atoms with Gasteiger partial charge in [-0.3, -0.25) is 0 Å². The van der Waals surface area contributed by atoms with E-state index in [1.807, 2.05) is 36.2 Å². The van der Waals surface area contributed by atoms with Gasteiger partial charge in [-0.15, -0.1) is 10.2 Å². The Morgan fingerprint density at radius 1 is 1.09 bits per heavy atom. The lowest BCUT2D eigenvalue weighted by atomic mass is 10.1. The molecule has 1 heterocycles. The predicted molar refractivity (Wildman–Crippen MR) is 82.8 cm³/mol. The third-order valence-corrected chi connectivity index (χ3v) is 3.46. The largest absolute Gasteiger partial charge is 0.367 e. The zero-order valence-electron chi connectivity index (χ0n) is 12.0. The van der Waals surface area contributed by atoms with Crippen molar-refractivity contribution in [2.24, 2.45) is 0 Å². The molecule has 0 aliphatic rings. The van der Waals surface area contributed by atoms with Crippen LogP contribution in [-0.4, -0.2) is 17.2 Å². The summed E-state index contributed by atoms with van der Waals surface area (Å²) in [6, 6.07) is 16.0. The van der Waals surface area contributed by atoms with E-state index in [0.717, 1.165) is 22.2 Å². The molecule has 0 bridgehead atoms. The fourth-order valence-electron chi connectivity index (χ4n) is 2.44. The van der Waals surface area contributed by atoms with E-state index in [1.165, 1.54) is 12.1 Å². The van der Waals surface area contributed by atoms with E-state index in [2.05, 4.69) is 16.3 Å². The monoisotopic (exact) mass is 292 g/mol. The summed E-state index contributed by atoms with van der Waals surface area (Å²) in [5, 5.41) is 18.2. The number of nitriles is 1. The van der Waals surface area contributed by atoms with Crippen molar-refractivity contribution < 1.29 is 4.39 Å². The second kappa shape index (κ2) is 5.78. The standard InChI is InChI=1S/C17H13FN4/c1-22(11-12-6-8-13(18)9-7-12)17-14-4-2-3-5-15(14)20-21-16(17)10-19/h2-9H,11H2,1H3. The van der Waals surface area contributed by atoms with Crippen molar-refractivity contribution in [2.45, 2.75) is 6.54 Å². The van der Waals surface area contributed by atoms with Crippen LogP contribution in [0.1, 0.15) is 11.3 Å². The van der Waals surface area contributed by atoms with Gasteiger partial charge in [0.05, 0.1) is 11.2 Å². The van der Waals surface area contributed by atoms with Crippen molar-refractivity contribution in [3.63, 3.8) is 0 Å². The second-order valence-electron chi connectivity index (χ2n) is 5.01. The lowest BCUT2D eigenvalue weighted by Gasteiger charge is -2.21.